The lowest BCUT2D eigenvalue weighted by Gasteiger charge is -2.09. The first-order chi connectivity index (χ1) is 10.2. The van der Waals surface area contributed by atoms with E-state index in [1.165, 1.54) is 0 Å². The Kier molecular flexibility index (Phi) is 5.22. The second-order valence-corrected chi connectivity index (χ2v) is 4.62. The van der Waals surface area contributed by atoms with Crippen LogP contribution in [0.3, 0.4) is 0 Å². The van der Waals surface area contributed by atoms with E-state index < -0.39 is 0 Å². The number of thiocarbonyl (C=S) groups is 1. The van der Waals surface area contributed by atoms with Crippen molar-refractivity contribution in [3.8, 4) is 5.75 Å². The van der Waals surface area contributed by atoms with Crippen LogP contribution in [0.25, 0.3) is 0 Å². The van der Waals surface area contributed by atoms with Crippen LogP contribution in [-0.4, -0.2) is 22.9 Å². The van der Waals surface area contributed by atoms with Gasteiger partial charge in [-0.3, -0.25) is 10.4 Å². The third-order valence-corrected chi connectivity index (χ3v) is 2.88. The third kappa shape index (κ3) is 4.54. The molecule has 0 saturated heterocycles. The number of ether oxygens (including phenoxy) is 1. The SMILES string of the molecule is COc1cccc(NC(=S)N/N=C(/C)c2ccccn2)c1. The van der Waals surface area contributed by atoms with Crippen molar-refractivity contribution in [1.29, 1.82) is 0 Å². The van der Waals surface area contributed by atoms with Crippen molar-refractivity contribution in [3.63, 3.8) is 0 Å². The van der Waals surface area contributed by atoms with Crippen LogP contribution in [0.5, 0.6) is 5.75 Å². The number of hydrogen-bond acceptors (Lipinski definition) is 4. The molecule has 1 heterocycles. The topological polar surface area (TPSA) is 58.5 Å². The van der Waals surface area contributed by atoms with Crippen molar-refractivity contribution in [1.82, 2.24) is 10.4 Å². The Morgan fingerprint density at radius 2 is 2.10 bits per heavy atom. The number of nitrogens with zero attached hydrogens (tertiary/aromatic N) is 2. The Balaban J connectivity index is 1.95. The summed E-state index contributed by atoms with van der Waals surface area (Å²) in [6.07, 6.45) is 1.72. The van der Waals surface area contributed by atoms with E-state index in [1.807, 2.05) is 49.4 Å². The van der Waals surface area contributed by atoms with Gasteiger partial charge in [0.15, 0.2) is 5.11 Å². The number of methoxy groups -OCH3 is 1. The second kappa shape index (κ2) is 7.35. The maximum Gasteiger partial charge on any atom is 0.191 e. The first-order valence-electron chi connectivity index (χ1n) is 6.36. The molecule has 0 aliphatic rings. The van der Waals surface area contributed by atoms with Gasteiger partial charge in [-0.2, -0.15) is 5.10 Å². The molecule has 1 aromatic carbocycles. The van der Waals surface area contributed by atoms with Gasteiger partial charge in [0.25, 0.3) is 0 Å². The number of anilines is 1. The number of rotatable bonds is 4. The van der Waals surface area contributed by atoms with E-state index in [4.69, 9.17) is 17.0 Å². The van der Waals surface area contributed by atoms with E-state index in [2.05, 4.69) is 20.8 Å². The molecule has 0 saturated carbocycles. The molecule has 2 rings (SSSR count). The molecule has 2 aromatic rings. The standard InChI is InChI=1S/C15H16N4OS/c1-11(14-8-3-4-9-16-14)18-19-15(21)17-12-6-5-7-13(10-12)20-2/h3-10H,1-2H3,(H2,17,19,21)/b18-11-. The Bertz CT molecular complexity index is 643. The number of nitrogens with one attached hydrogen (secondary N) is 2. The van der Waals surface area contributed by atoms with Crippen LogP contribution in [0, 0.1) is 0 Å². The van der Waals surface area contributed by atoms with Gasteiger partial charge in [-0.1, -0.05) is 12.1 Å². The molecule has 108 valence electrons. The molecule has 1 aromatic heterocycles. The highest BCUT2D eigenvalue weighted by atomic mass is 32.1. The van der Waals surface area contributed by atoms with Crippen molar-refractivity contribution in [3.05, 3.63) is 54.4 Å². The van der Waals surface area contributed by atoms with Gasteiger partial charge in [0.05, 0.1) is 18.5 Å². The lowest BCUT2D eigenvalue weighted by atomic mass is 10.3. The molecule has 21 heavy (non-hydrogen) atoms. The van der Waals surface area contributed by atoms with Crippen LogP contribution in [0.15, 0.2) is 53.8 Å². The Morgan fingerprint density at radius 3 is 2.81 bits per heavy atom. The number of hydrazone groups is 1. The zero-order chi connectivity index (χ0) is 15.1. The molecule has 6 heteroatoms. The van der Waals surface area contributed by atoms with Crippen LogP contribution in [0.2, 0.25) is 0 Å². The summed E-state index contributed by atoms with van der Waals surface area (Å²) in [4.78, 5) is 4.21. The molecule has 2 N–H and O–H groups in total. The van der Waals surface area contributed by atoms with Crippen LogP contribution in [0.4, 0.5) is 5.69 Å². The van der Waals surface area contributed by atoms with Gasteiger partial charge >= 0.3 is 0 Å². The summed E-state index contributed by atoms with van der Waals surface area (Å²) in [5, 5.41) is 7.64. The molecule has 0 radical (unpaired) electrons. The maximum atomic E-state index is 5.19. The highest BCUT2D eigenvalue weighted by molar-refractivity contribution is 7.80. The summed E-state index contributed by atoms with van der Waals surface area (Å²) in [5.41, 5.74) is 5.18. The minimum atomic E-state index is 0.401. The fourth-order valence-corrected chi connectivity index (χ4v) is 1.79. The summed E-state index contributed by atoms with van der Waals surface area (Å²) >= 11 is 5.19. The number of pyridine rings is 1. The van der Waals surface area contributed by atoms with Gasteiger partial charge in [0, 0.05) is 18.0 Å². The Hall–Kier alpha value is -2.47. The van der Waals surface area contributed by atoms with Gasteiger partial charge in [0.1, 0.15) is 5.75 Å². The van der Waals surface area contributed by atoms with Gasteiger partial charge < -0.3 is 10.1 Å². The van der Waals surface area contributed by atoms with E-state index in [0.29, 0.717) is 5.11 Å². The van der Waals surface area contributed by atoms with Crippen LogP contribution >= 0.6 is 12.2 Å². The van der Waals surface area contributed by atoms with E-state index in [0.717, 1.165) is 22.8 Å². The number of aromatic nitrogens is 1. The van der Waals surface area contributed by atoms with Crippen LogP contribution in [-0.2, 0) is 0 Å². The van der Waals surface area contributed by atoms with Crippen LogP contribution in [0.1, 0.15) is 12.6 Å². The molecular formula is C15H16N4OS. The second-order valence-electron chi connectivity index (χ2n) is 4.21. The summed E-state index contributed by atoms with van der Waals surface area (Å²) in [6, 6.07) is 13.2. The minimum Gasteiger partial charge on any atom is -0.497 e. The quantitative estimate of drug-likeness (QED) is 0.516. The lowest BCUT2D eigenvalue weighted by molar-refractivity contribution is 0.415. The Labute approximate surface area is 129 Å². The van der Waals surface area contributed by atoms with E-state index >= 15 is 0 Å². The zero-order valence-corrected chi connectivity index (χ0v) is 12.6. The fraction of sp³-hybridized carbons (Fsp3) is 0.133. The Morgan fingerprint density at radius 1 is 1.24 bits per heavy atom. The highest BCUT2D eigenvalue weighted by Crippen LogP contribution is 2.16. The minimum absolute atomic E-state index is 0.401. The van der Waals surface area contributed by atoms with Crippen molar-refractivity contribution >= 4 is 28.7 Å². The molecule has 0 amide bonds. The van der Waals surface area contributed by atoms with Crippen molar-refractivity contribution < 1.29 is 4.74 Å². The van der Waals surface area contributed by atoms with Crippen molar-refractivity contribution in [2.75, 3.05) is 12.4 Å². The summed E-state index contributed by atoms with van der Waals surface area (Å²) < 4.78 is 5.15. The fourth-order valence-electron chi connectivity index (χ4n) is 1.63. The number of benzene rings is 1. The van der Waals surface area contributed by atoms with Gasteiger partial charge in [0.2, 0.25) is 0 Å². The normalized spacial score (nSPS) is 10.9. The first-order valence-corrected chi connectivity index (χ1v) is 6.76. The monoisotopic (exact) mass is 300 g/mol. The van der Waals surface area contributed by atoms with Crippen molar-refractivity contribution in [2.24, 2.45) is 5.10 Å². The highest BCUT2D eigenvalue weighted by Gasteiger charge is 2.00. The molecular weight excluding hydrogens is 284 g/mol. The van der Waals surface area contributed by atoms with E-state index in [1.54, 1.807) is 13.3 Å². The van der Waals surface area contributed by atoms with Gasteiger partial charge in [-0.05, 0) is 43.4 Å². The molecule has 0 bridgehead atoms. The molecule has 5 nitrogen and oxygen atoms in total. The van der Waals surface area contributed by atoms with E-state index in [-0.39, 0.29) is 0 Å². The van der Waals surface area contributed by atoms with E-state index in [9.17, 15) is 0 Å². The summed E-state index contributed by atoms with van der Waals surface area (Å²) in [7, 11) is 1.62. The zero-order valence-electron chi connectivity index (χ0n) is 11.8. The van der Waals surface area contributed by atoms with Crippen molar-refractivity contribution in [2.45, 2.75) is 6.92 Å². The largest absolute Gasteiger partial charge is 0.497 e. The first kappa shape index (κ1) is 14.9. The predicted octanol–water partition coefficient (Wildman–Crippen LogP) is 2.80. The maximum absolute atomic E-state index is 5.19. The summed E-state index contributed by atoms with van der Waals surface area (Å²) in [5.74, 6) is 0.760. The third-order valence-electron chi connectivity index (χ3n) is 2.69. The van der Waals surface area contributed by atoms with Gasteiger partial charge in [-0.25, -0.2) is 0 Å². The molecule has 0 unspecified atom stereocenters. The average molecular weight is 300 g/mol. The predicted molar refractivity (Wildman–Crippen MR) is 88.8 cm³/mol. The molecule has 0 spiro atoms. The molecule has 0 aliphatic heterocycles. The smallest absolute Gasteiger partial charge is 0.191 e. The lowest BCUT2D eigenvalue weighted by Crippen LogP contribution is -2.25. The van der Waals surface area contributed by atoms with Gasteiger partial charge in [-0.15, -0.1) is 0 Å². The van der Waals surface area contributed by atoms with Crippen LogP contribution < -0.4 is 15.5 Å². The molecule has 0 fully saturated rings. The summed E-state index contributed by atoms with van der Waals surface area (Å²) in [6.45, 7) is 1.86. The number of hydrogen-bond donors (Lipinski definition) is 2. The molecule has 0 aliphatic carbocycles. The molecule has 0 atom stereocenters. The average Bonchev–Trinajstić information content (AvgIpc) is 2.53.